The summed E-state index contributed by atoms with van der Waals surface area (Å²) in [5, 5.41) is 6.76. The number of nitrogens with zero attached hydrogens (tertiary/aromatic N) is 1. The van der Waals surface area contributed by atoms with E-state index in [0.29, 0.717) is 34.9 Å². The van der Waals surface area contributed by atoms with Gasteiger partial charge in [0.1, 0.15) is 0 Å². The molecule has 0 aromatic heterocycles. The molecule has 0 heterocycles. The molecule has 164 valence electrons. The first-order valence-corrected chi connectivity index (χ1v) is 10.7. The molecule has 8 heteroatoms. The van der Waals surface area contributed by atoms with Crippen molar-refractivity contribution in [3.8, 4) is 11.5 Å². The summed E-state index contributed by atoms with van der Waals surface area (Å²) in [6.45, 7) is 2.12. The average Bonchev–Trinajstić information content (AvgIpc) is 2.80. The number of hydrogen-bond acceptors (Lipinski definition) is 5. The molecule has 32 heavy (non-hydrogen) atoms. The van der Waals surface area contributed by atoms with Crippen LogP contribution >= 0.6 is 15.9 Å². The second-order valence-electron chi connectivity index (χ2n) is 6.55. The topological polar surface area (TPSA) is 89.0 Å². The Hall–Kier alpha value is -3.65. The summed E-state index contributed by atoms with van der Waals surface area (Å²) in [5.74, 6) is 0.317. The van der Waals surface area contributed by atoms with Crippen LogP contribution in [0.25, 0.3) is 0 Å². The van der Waals surface area contributed by atoms with E-state index in [0.717, 1.165) is 4.47 Å². The monoisotopic (exact) mass is 495 g/mol. The normalized spacial score (nSPS) is 10.6. The largest absolute Gasteiger partial charge is 0.490 e. The molecule has 3 aromatic rings. The number of carbonyl (C=O) groups excluding carboxylic acids is 2. The first-order chi connectivity index (χ1) is 15.5. The van der Waals surface area contributed by atoms with Crippen molar-refractivity contribution in [1.82, 2.24) is 5.43 Å². The number of amides is 2. The summed E-state index contributed by atoms with van der Waals surface area (Å²) in [5.41, 5.74) is 4.38. The van der Waals surface area contributed by atoms with Crippen LogP contribution in [0.1, 0.15) is 22.8 Å². The summed E-state index contributed by atoms with van der Waals surface area (Å²) in [4.78, 5) is 24.2. The van der Waals surface area contributed by atoms with Crippen molar-refractivity contribution in [2.24, 2.45) is 5.10 Å². The van der Waals surface area contributed by atoms with E-state index in [1.807, 2.05) is 25.1 Å². The van der Waals surface area contributed by atoms with Crippen LogP contribution in [-0.2, 0) is 4.79 Å². The molecule has 0 aliphatic carbocycles. The van der Waals surface area contributed by atoms with E-state index < -0.39 is 0 Å². The van der Waals surface area contributed by atoms with Gasteiger partial charge >= 0.3 is 0 Å². The van der Waals surface area contributed by atoms with Gasteiger partial charge < -0.3 is 14.8 Å². The van der Waals surface area contributed by atoms with Crippen molar-refractivity contribution >= 4 is 39.6 Å². The van der Waals surface area contributed by atoms with E-state index in [-0.39, 0.29) is 18.4 Å². The number of halogens is 1. The Balaban J connectivity index is 1.59. The summed E-state index contributed by atoms with van der Waals surface area (Å²) >= 11 is 3.33. The Morgan fingerprint density at radius 1 is 0.969 bits per heavy atom. The molecule has 0 bridgehead atoms. The van der Waals surface area contributed by atoms with Gasteiger partial charge in [-0.3, -0.25) is 9.59 Å². The van der Waals surface area contributed by atoms with Crippen LogP contribution in [0.5, 0.6) is 11.5 Å². The molecule has 3 aromatic carbocycles. The van der Waals surface area contributed by atoms with Gasteiger partial charge in [0, 0.05) is 15.7 Å². The molecule has 0 atom stereocenters. The molecule has 0 radical (unpaired) electrons. The van der Waals surface area contributed by atoms with Gasteiger partial charge in [-0.2, -0.15) is 5.10 Å². The van der Waals surface area contributed by atoms with Crippen molar-refractivity contribution in [2.45, 2.75) is 6.92 Å². The second kappa shape index (κ2) is 11.7. The Morgan fingerprint density at radius 3 is 2.44 bits per heavy atom. The minimum Gasteiger partial charge on any atom is -0.490 e. The number of ether oxygens (including phenoxy) is 2. The van der Waals surface area contributed by atoms with Gasteiger partial charge in [0.05, 0.1) is 12.8 Å². The zero-order chi connectivity index (χ0) is 22.8. The Kier molecular flexibility index (Phi) is 8.39. The lowest BCUT2D eigenvalue weighted by molar-refractivity contribution is -0.118. The molecule has 0 unspecified atom stereocenters. The highest BCUT2D eigenvalue weighted by atomic mass is 79.9. The highest BCUT2D eigenvalue weighted by molar-refractivity contribution is 9.10. The van der Waals surface area contributed by atoms with Crippen LogP contribution in [0.3, 0.4) is 0 Å². The molecule has 0 aliphatic rings. The molecular weight excluding hydrogens is 474 g/mol. The molecule has 7 nitrogen and oxygen atoms in total. The number of hydrogen-bond donors (Lipinski definition) is 2. The lowest BCUT2D eigenvalue weighted by Crippen LogP contribution is -2.20. The number of hydrazone groups is 1. The quantitative estimate of drug-likeness (QED) is 0.334. The number of carbonyl (C=O) groups is 2. The van der Waals surface area contributed by atoms with E-state index in [4.69, 9.17) is 9.47 Å². The molecule has 2 amide bonds. The molecule has 2 N–H and O–H groups in total. The standard InChI is InChI=1S/C24H22BrN3O4/c1-2-31-22-14-17(15-26-28-24(30)18-9-11-19(25)12-10-18)8-13-21(22)32-16-23(29)27-20-6-4-3-5-7-20/h3-15H,2,16H2,1H3,(H,27,29)(H,28,30)/b26-15+. The first-order valence-electron chi connectivity index (χ1n) is 9.88. The zero-order valence-electron chi connectivity index (χ0n) is 17.4. The third-order valence-corrected chi connectivity index (χ3v) is 4.70. The first kappa shape index (κ1) is 23.0. The zero-order valence-corrected chi connectivity index (χ0v) is 19.0. The SMILES string of the molecule is CCOc1cc(/C=N/NC(=O)c2ccc(Br)cc2)ccc1OCC(=O)Nc1ccccc1. The molecule has 0 fully saturated rings. The Labute approximate surface area is 194 Å². The Bertz CT molecular complexity index is 1090. The van der Waals surface area contributed by atoms with E-state index in [1.54, 1.807) is 54.6 Å². The molecule has 3 rings (SSSR count). The summed E-state index contributed by atoms with van der Waals surface area (Å²) in [6, 6.07) is 21.3. The predicted octanol–water partition coefficient (Wildman–Crippen LogP) is 4.63. The predicted molar refractivity (Wildman–Crippen MR) is 127 cm³/mol. The van der Waals surface area contributed by atoms with Crippen molar-refractivity contribution in [2.75, 3.05) is 18.5 Å². The molecule has 0 spiro atoms. The highest BCUT2D eigenvalue weighted by Gasteiger charge is 2.10. The Morgan fingerprint density at radius 2 is 1.72 bits per heavy atom. The number of benzene rings is 3. The van der Waals surface area contributed by atoms with E-state index >= 15 is 0 Å². The van der Waals surface area contributed by atoms with Gasteiger partial charge in [-0.25, -0.2) is 5.43 Å². The van der Waals surface area contributed by atoms with Crippen LogP contribution in [0.2, 0.25) is 0 Å². The maximum Gasteiger partial charge on any atom is 0.271 e. The van der Waals surface area contributed by atoms with Gasteiger partial charge in [0.25, 0.3) is 11.8 Å². The number of anilines is 1. The van der Waals surface area contributed by atoms with Gasteiger partial charge in [-0.15, -0.1) is 0 Å². The van der Waals surface area contributed by atoms with Crippen LogP contribution in [-0.4, -0.2) is 31.2 Å². The average molecular weight is 496 g/mol. The molecule has 0 saturated heterocycles. The fourth-order valence-electron chi connectivity index (χ4n) is 2.69. The van der Waals surface area contributed by atoms with Crippen LogP contribution in [0.4, 0.5) is 5.69 Å². The summed E-state index contributed by atoms with van der Waals surface area (Å²) in [6.07, 6.45) is 1.51. The highest BCUT2D eigenvalue weighted by Crippen LogP contribution is 2.28. The van der Waals surface area contributed by atoms with Crippen molar-refractivity contribution in [3.05, 3.63) is 88.4 Å². The van der Waals surface area contributed by atoms with Crippen molar-refractivity contribution in [1.29, 1.82) is 0 Å². The number of para-hydroxylation sites is 1. The number of nitrogens with one attached hydrogen (secondary N) is 2. The van der Waals surface area contributed by atoms with E-state index in [9.17, 15) is 9.59 Å². The van der Waals surface area contributed by atoms with Crippen LogP contribution in [0.15, 0.2) is 82.4 Å². The van der Waals surface area contributed by atoms with Gasteiger partial charge in [0.15, 0.2) is 18.1 Å². The molecule has 0 saturated carbocycles. The summed E-state index contributed by atoms with van der Waals surface area (Å²) < 4.78 is 12.1. The van der Waals surface area contributed by atoms with Crippen molar-refractivity contribution < 1.29 is 19.1 Å². The lowest BCUT2D eigenvalue weighted by Gasteiger charge is -2.12. The third-order valence-electron chi connectivity index (χ3n) is 4.17. The fourth-order valence-corrected chi connectivity index (χ4v) is 2.95. The van der Waals surface area contributed by atoms with Crippen LogP contribution in [0, 0.1) is 0 Å². The van der Waals surface area contributed by atoms with Crippen LogP contribution < -0.4 is 20.2 Å². The smallest absolute Gasteiger partial charge is 0.271 e. The van der Waals surface area contributed by atoms with Gasteiger partial charge in [-0.05, 0) is 67.1 Å². The maximum absolute atomic E-state index is 12.1. The van der Waals surface area contributed by atoms with Crippen molar-refractivity contribution in [3.63, 3.8) is 0 Å². The minimum atomic E-state index is -0.317. The third kappa shape index (κ3) is 6.95. The van der Waals surface area contributed by atoms with E-state index in [2.05, 4.69) is 31.8 Å². The van der Waals surface area contributed by atoms with Gasteiger partial charge in [-0.1, -0.05) is 34.1 Å². The maximum atomic E-state index is 12.1. The van der Waals surface area contributed by atoms with Gasteiger partial charge in [0.2, 0.25) is 0 Å². The number of rotatable bonds is 9. The van der Waals surface area contributed by atoms with E-state index in [1.165, 1.54) is 6.21 Å². The second-order valence-corrected chi connectivity index (χ2v) is 7.46. The summed E-state index contributed by atoms with van der Waals surface area (Å²) in [7, 11) is 0. The molecule has 0 aliphatic heterocycles. The lowest BCUT2D eigenvalue weighted by atomic mass is 10.2. The minimum absolute atomic E-state index is 0.161. The fraction of sp³-hybridized carbons (Fsp3) is 0.125. The molecular formula is C24H22BrN3O4.